The van der Waals surface area contributed by atoms with Crippen molar-refractivity contribution in [2.24, 2.45) is 5.92 Å². The second-order valence-corrected chi connectivity index (χ2v) is 5.51. The second-order valence-electron chi connectivity index (χ2n) is 5.51. The topological polar surface area (TPSA) is 50.1 Å². The lowest BCUT2D eigenvalue weighted by Crippen LogP contribution is -2.15. The van der Waals surface area contributed by atoms with Gasteiger partial charge >= 0.3 is 5.97 Å². The number of esters is 1. The zero-order valence-electron chi connectivity index (χ0n) is 13.0. The lowest BCUT2D eigenvalue weighted by molar-refractivity contribution is -0.143. The second kappa shape index (κ2) is 8.25. The first-order valence-electron chi connectivity index (χ1n) is 7.93. The van der Waals surface area contributed by atoms with Crippen molar-refractivity contribution in [3.8, 4) is 17.9 Å². The molecule has 0 aliphatic heterocycles. The third-order valence-corrected chi connectivity index (χ3v) is 3.94. The number of nitriles is 1. The summed E-state index contributed by atoms with van der Waals surface area (Å²) < 4.78 is 4.99. The molecule has 0 radical (unpaired) electrons. The molecule has 0 heterocycles. The summed E-state index contributed by atoms with van der Waals surface area (Å²) in [4.78, 5) is 11.9. The van der Waals surface area contributed by atoms with E-state index in [0.717, 1.165) is 18.4 Å². The predicted molar refractivity (Wildman–Crippen MR) is 84.9 cm³/mol. The molecule has 0 amide bonds. The molecule has 22 heavy (non-hydrogen) atoms. The first-order chi connectivity index (χ1) is 10.8. The zero-order valence-corrected chi connectivity index (χ0v) is 13.0. The third kappa shape index (κ3) is 4.12. The van der Waals surface area contributed by atoms with E-state index in [4.69, 9.17) is 4.74 Å². The van der Waals surface area contributed by atoms with Crippen LogP contribution in [-0.4, -0.2) is 12.6 Å². The lowest BCUT2D eigenvalue weighted by atomic mass is 9.89. The van der Waals surface area contributed by atoms with Crippen LogP contribution in [0.15, 0.2) is 24.3 Å². The fraction of sp³-hybridized carbons (Fsp3) is 0.474. The van der Waals surface area contributed by atoms with E-state index in [-0.39, 0.29) is 6.61 Å². The third-order valence-electron chi connectivity index (χ3n) is 3.94. The number of ether oxygens (including phenoxy) is 1. The molecule has 1 aromatic carbocycles. The van der Waals surface area contributed by atoms with Gasteiger partial charge in [-0.05, 0) is 31.4 Å². The van der Waals surface area contributed by atoms with E-state index >= 15 is 0 Å². The number of carbonyl (C=O) groups is 1. The highest BCUT2D eigenvalue weighted by Gasteiger charge is 2.23. The maximum atomic E-state index is 11.9. The van der Waals surface area contributed by atoms with Gasteiger partial charge in [-0.3, -0.25) is 4.79 Å². The van der Waals surface area contributed by atoms with Crippen molar-refractivity contribution in [1.29, 1.82) is 5.26 Å². The van der Waals surface area contributed by atoms with Gasteiger partial charge in [-0.1, -0.05) is 49.3 Å². The minimum Gasteiger partial charge on any atom is -0.465 e. The van der Waals surface area contributed by atoms with E-state index in [1.54, 1.807) is 13.0 Å². The maximum absolute atomic E-state index is 11.9. The number of nitrogens with zero attached hydrogens (tertiary/aromatic N) is 1. The summed E-state index contributed by atoms with van der Waals surface area (Å²) in [7, 11) is 0. The zero-order chi connectivity index (χ0) is 15.8. The van der Waals surface area contributed by atoms with Gasteiger partial charge in [-0.25, -0.2) is 0 Å². The monoisotopic (exact) mass is 295 g/mol. The Morgan fingerprint density at radius 1 is 1.32 bits per heavy atom. The van der Waals surface area contributed by atoms with Crippen molar-refractivity contribution in [2.45, 2.75) is 44.9 Å². The van der Waals surface area contributed by atoms with E-state index in [0.29, 0.717) is 11.5 Å². The molecule has 0 aromatic heterocycles. The fourth-order valence-electron chi connectivity index (χ4n) is 2.76. The molecule has 1 atom stereocenters. The SMILES string of the molecule is CCOC(=O)C(C#N)c1ccccc1C#CC1CCCCC1. The Hall–Kier alpha value is -2.26. The first-order valence-corrected chi connectivity index (χ1v) is 7.93. The quantitative estimate of drug-likeness (QED) is 0.629. The van der Waals surface area contributed by atoms with Gasteiger partial charge in [0.2, 0.25) is 0 Å². The van der Waals surface area contributed by atoms with Gasteiger partial charge in [0.1, 0.15) is 0 Å². The van der Waals surface area contributed by atoms with Gasteiger partial charge in [0.05, 0.1) is 12.7 Å². The van der Waals surface area contributed by atoms with Crippen LogP contribution in [0.25, 0.3) is 0 Å². The molecule has 3 heteroatoms. The van der Waals surface area contributed by atoms with Crippen molar-refractivity contribution in [2.75, 3.05) is 6.61 Å². The lowest BCUT2D eigenvalue weighted by Gasteiger charge is -2.15. The van der Waals surface area contributed by atoms with Crippen LogP contribution in [0, 0.1) is 29.1 Å². The Bertz CT molecular complexity index is 612. The predicted octanol–water partition coefficient (Wildman–Crippen LogP) is 3.79. The van der Waals surface area contributed by atoms with Crippen LogP contribution in [0.4, 0.5) is 0 Å². The largest absolute Gasteiger partial charge is 0.465 e. The summed E-state index contributed by atoms with van der Waals surface area (Å²) in [5.74, 6) is 5.53. The minimum atomic E-state index is -0.906. The van der Waals surface area contributed by atoms with Crippen LogP contribution in [-0.2, 0) is 9.53 Å². The first kappa shape index (κ1) is 16.1. The highest BCUT2D eigenvalue weighted by atomic mass is 16.5. The van der Waals surface area contributed by atoms with E-state index in [2.05, 4.69) is 11.8 Å². The van der Waals surface area contributed by atoms with E-state index in [1.165, 1.54) is 19.3 Å². The Morgan fingerprint density at radius 2 is 2.05 bits per heavy atom. The van der Waals surface area contributed by atoms with Gasteiger partial charge in [0.25, 0.3) is 0 Å². The molecule has 1 aliphatic rings. The van der Waals surface area contributed by atoms with Crippen molar-refractivity contribution >= 4 is 5.97 Å². The molecule has 1 fully saturated rings. The van der Waals surface area contributed by atoms with Crippen LogP contribution in [0.3, 0.4) is 0 Å². The Labute approximate surface area is 132 Å². The van der Waals surface area contributed by atoms with Crippen LogP contribution in [0.5, 0.6) is 0 Å². The minimum absolute atomic E-state index is 0.271. The molecular formula is C19H21NO2. The van der Waals surface area contributed by atoms with Crippen LogP contribution in [0.1, 0.15) is 56.1 Å². The van der Waals surface area contributed by atoms with Gasteiger partial charge in [0, 0.05) is 11.5 Å². The molecule has 3 nitrogen and oxygen atoms in total. The molecule has 1 saturated carbocycles. The molecule has 1 aliphatic carbocycles. The Kier molecular flexibility index (Phi) is 6.04. The van der Waals surface area contributed by atoms with E-state index in [1.807, 2.05) is 24.3 Å². The van der Waals surface area contributed by atoms with Gasteiger partial charge < -0.3 is 4.74 Å². The molecule has 0 saturated heterocycles. The molecule has 0 bridgehead atoms. The summed E-state index contributed by atoms with van der Waals surface area (Å²) in [6.07, 6.45) is 6.08. The Balaban J connectivity index is 2.24. The van der Waals surface area contributed by atoms with Gasteiger partial charge in [-0.2, -0.15) is 5.26 Å². The van der Waals surface area contributed by atoms with Crippen LogP contribution >= 0.6 is 0 Å². The van der Waals surface area contributed by atoms with E-state index in [9.17, 15) is 10.1 Å². The van der Waals surface area contributed by atoms with Gasteiger partial charge in [-0.15, -0.1) is 0 Å². The molecular weight excluding hydrogens is 274 g/mol. The maximum Gasteiger partial charge on any atom is 0.327 e. The normalized spacial score (nSPS) is 16.0. The summed E-state index contributed by atoms with van der Waals surface area (Å²) in [5, 5.41) is 9.32. The molecule has 2 rings (SSSR count). The summed E-state index contributed by atoms with van der Waals surface area (Å²) in [6.45, 7) is 2.01. The van der Waals surface area contributed by atoms with Crippen molar-refractivity contribution in [3.63, 3.8) is 0 Å². The fourth-order valence-corrected chi connectivity index (χ4v) is 2.76. The highest BCUT2D eigenvalue weighted by molar-refractivity contribution is 5.82. The standard InChI is InChI=1S/C19H21NO2/c1-2-22-19(21)18(14-20)17-11-7-6-10-16(17)13-12-15-8-4-3-5-9-15/h6-7,10-11,15,18H,2-5,8-9H2,1H3. The average molecular weight is 295 g/mol. The van der Waals surface area contributed by atoms with Crippen LogP contribution in [0.2, 0.25) is 0 Å². The number of hydrogen-bond acceptors (Lipinski definition) is 3. The van der Waals surface area contributed by atoms with Crippen LogP contribution < -0.4 is 0 Å². The summed E-state index contributed by atoms with van der Waals surface area (Å²) in [5.41, 5.74) is 1.40. The van der Waals surface area contributed by atoms with Crippen molar-refractivity contribution in [1.82, 2.24) is 0 Å². The number of rotatable bonds is 3. The smallest absolute Gasteiger partial charge is 0.327 e. The number of hydrogen-bond donors (Lipinski definition) is 0. The number of carbonyl (C=O) groups excluding carboxylic acids is 1. The summed E-state index contributed by atoms with van der Waals surface area (Å²) in [6, 6.07) is 9.40. The van der Waals surface area contributed by atoms with Crippen molar-refractivity contribution in [3.05, 3.63) is 35.4 Å². The molecule has 1 aromatic rings. The molecule has 0 spiro atoms. The molecule has 114 valence electrons. The highest BCUT2D eigenvalue weighted by Crippen LogP contribution is 2.24. The Morgan fingerprint density at radius 3 is 2.73 bits per heavy atom. The number of benzene rings is 1. The molecule has 1 unspecified atom stereocenters. The average Bonchev–Trinajstić information content (AvgIpc) is 2.56. The molecule has 0 N–H and O–H groups in total. The van der Waals surface area contributed by atoms with Crippen molar-refractivity contribution < 1.29 is 9.53 Å². The summed E-state index contributed by atoms with van der Waals surface area (Å²) >= 11 is 0. The van der Waals surface area contributed by atoms with Gasteiger partial charge in [0.15, 0.2) is 5.92 Å². The van der Waals surface area contributed by atoms with E-state index < -0.39 is 11.9 Å².